The van der Waals surface area contributed by atoms with E-state index in [1.165, 1.54) is 6.92 Å². The summed E-state index contributed by atoms with van der Waals surface area (Å²) in [5, 5.41) is 6.25. The van der Waals surface area contributed by atoms with E-state index in [4.69, 9.17) is 5.41 Å². The van der Waals surface area contributed by atoms with Gasteiger partial charge in [-0.15, -0.1) is 0 Å². The van der Waals surface area contributed by atoms with Gasteiger partial charge in [-0.3, -0.25) is 5.41 Å². The van der Waals surface area contributed by atoms with Crippen LogP contribution >= 0.6 is 0 Å². The monoisotopic (exact) mass is 191 g/mol. The fourth-order valence-corrected chi connectivity index (χ4v) is 0.364. The number of ether oxygens (including phenoxy) is 1. The van der Waals surface area contributed by atoms with Crippen LogP contribution in [-0.4, -0.2) is 24.6 Å². The standard InChI is InChI=1S/C5H6F5NO/c1-2-12-3(11)4(6,7)5(8,9)10/h11H,2H2,1H3. The van der Waals surface area contributed by atoms with Crippen molar-refractivity contribution in [2.75, 3.05) is 6.61 Å². The first-order chi connectivity index (χ1) is 5.23. The number of alkyl halides is 5. The average Bonchev–Trinajstić information content (AvgIpc) is 1.85. The number of hydrogen-bond acceptors (Lipinski definition) is 2. The lowest BCUT2D eigenvalue weighted by Gasteiger charge is -2.19. The van der Waals surface area contributed by atoms with Gasteiger partial charge in [0.15, 0.2) is 0 Å². The van der Waals surface area contributed by atoms with Crippen LogP contribution in [-0.2, 0) is 4.74 Å². The number of rotatable bonds is 2. The van der Waals surface area contributed by atoms with Gasteiger partial charge < -0.3 is 4.74 Å². The molecule has 0 amide bonds. The molecule has 0 heterocycles. The largest absolute Gasteiger partial charge is 0.477 e. The summed E-state index contributed by atoms with van der Waals surface area (Å²) >= 11 is 0. The second kappa shape index (κ2) is 3.24. The first-order valence-corrected chi connectivity index (χ1v) is 2.89. The second-order valence-electron chi connectivity index (χ2n) is 1.83. The van der Waals surface area contributed by atoms with Crippen LogP contribution in [0, 0.1) is 5.41 Å². The molecule has 0 bridgehead atoms. The minimum Gasteiger partial charge on any atom is -0.477 e. The van der Waals surface area contributed by atoms with Crippen molar-refractivity contribution in [2.24, 2.45) is 0 Å². The molecule has 0 aromatic heterocycles. The van der Waals surface area contributed by atoms with E-state index in [0.29, 0.717) is 0 Å². The van der Waals surface area contributed by atoms with E-state index in [0.717, 1.165) is 0 Å². The molecular formula is C5H6F5NO. The van der Waals surface area contributed by atoms with Gasteiger partial charge in [-0.25, -0.2) is 0 Å². The molecule has 0 rings (SSSR count). The van der Waals surface area contributed by atoms with Crippen molar-refractivity contribution in [3.05, 3.63) is 0 Å². The maximum Gasteiger partial charge on any atom is 0.463 e. The average molecular weight is 191 g/mol. The zero-order valence-corrected chi connectivity index (χ0v) is 6.01. The van der Waals surface area contributed by atoms with Crippen LogP contribution in [0.25, 0.3) is 0 Å². The van der Waals surface area contributed by atoms with Crippen molar-refractivity contribution in [3.8, 4) is 0 Å². The van der Waals surface area contributed by atoms with Gasteiger partial charge in [0.1, 0.15) is 0 Å². The third-order valence-electron chi connectivity index (χ3n) is 0.930. The van der Waals surface area contributed by atoms with E-state index in [1.807, 2.05) is 0 Å². The smallest absolute Gasteiger partial charge is 0.463 e. The molecule has 0 spiro atoms. The van der Waals surface area contributed by atoms with Gasteiger partial charge in [0, 0.05) is 0 Å². The molecule has 0 saturated heterocycles. The Morgan fingerprint density at radius 2 is 1.67 bits per heavy atom. The molecule has 12 heavy (non-hydrogen) atoms. The van der Waals surface area contributed by atoms with E-state index in [1.54, 1.807) is 0 Å². The molecule has 0 aromatic carbocycles. The van der Waals surface area contributed by atoms with Crippen molar-refractivity contribution < 1.29 is 26.7 Å². The molecule has 0 radical (unpaired) electrons. The van der Waals surface area contributed by atoms with Gasteiger partial charge in [0.2, 0.25) is 0 Å². The number of halogens is 5. The molecule has 0 unspecified atom stereocenters. The Morgan fingerprint density at radius 3 is 1.92 bits per heavy atom. The van der Waals surface area contributed by atoms with E-state index in [-0.39, 0.29) is 0 Å². The highest BCUT2D eigenvalue weighted by Crippen LogP contribution is 2.36. The van der Waals surface area contributed by atoms with Gasteiger partial charge in [0.25, 0.3) is 5.90 Å². The number of nitrogens with one attached hydrogen (secondary N) is 1. The molecule has 0 aliphatic carbocycles. The zero-order chi connectivity index (χ0) is 9.99. The summed E-state index contributed by atoms with van der Waals surface area (Å²) in [5.41, 5.74) is 0. The third-order valence-corrected chi connectivity index (χ3v) is 0.930. The summed E-state index contributed by atoms with van der Waals surface area (Å²) < 4.78 is 62.1. The Bertz CT molecular complexity index is 175. The van der Waals surface area contributed by atoms with Crippen LogP contribution in [0.3, 0.4) is 0 Å². The van der Waals surface area contributed by atoms with Gasteiger partial charge >= 0.3 is 12.1 Å². The van der Waals surface area contributed by atoms with Gasteiger partial charge in [-0.1, -0.05) is 0 Å². The maximum atomic E-state index is 12.0. The SMILES string of the molecule is CCOC(=N)C(F)(F)C(F)(F)F. The molecule has 0 aliphatic rings. The minimum absolute atomic E-state index is 0.398. The highest BCUT2D eigenvalue weighted by molar-refractivity contribution is 5.81. The van der Waals surface area contributed by atoms with E-state index >= 15 is 0 Å². The molecule has 1 N–H and O–H groups in total. The molecule has 0 aromatic rings. The second-order valence-corrected chi connectivity index (χ2v) is 1.83. The molecule has 0 saturated carbocycles. The van der Waals surface area contributed by atoms with Gasteiger partial charge in [0.05, 0.1) is 6.61 Å². The molecule has 0 atom stereocenters. The van der Waals surface area contributed by atoms with Crippen LogP contribution < -0.4 is 0 Å². The molecule has 0 fully saturated rings. The normalized spacial score (nSPS) is 12.8. The lowest BCUT2D eigenvalue weighted by Crippen LogP contribution is -2.44. The third kappa shape index (κ3) is 2.05. The lowest BCUT2D eigenvalue weighted by molar-refractivity contribution is -0.255. The highest BCUT2D eigenvalue weighted by Gasteiger charge is 2.62. The summed E-state index contributed by atoms with van der Waals surface area (Å²) in [6, 6.07) is 0. The molecule has 0 aliphatic heterocycles. The van der Waals surface area contributed by atoms with Crippen LogP contribution in [0.2, 0.25) is 0 Å². The van der Waals surface area contributed by atoms with Crippen molar-refractivity contribution in [2.45, 2.75) is 19.0 Å². The van der Waals surface area contributed by atoms with Crippen LogP contribution in [0.4, 0.5) is 22.0 Å². The first kappa shape index (κ1) is 11.1. The summed E-state index contributed by atoms with van der Waals surface area (Å²) in [4.78, 5) is 0. The van der Waals surface area contributed by atoms with E-state index < -0.39 is 24.6 Å². The fourth-order valence-electron chi connectivity index (χ4n) is 0.364. The van der Waals surface area contributed by atoms with Crippen LogP contribution in [0.15, 0.2) is 0 Å². The topological polar surface area (TPSA) is 33.1 Å². The summed E-state index contributed by atoms with van der Waals surface area (Å²) in [7, 11) is 0. The predicted octanol–water partition coefficient (Wildman–Crippen LogP) is 2.20. The molecule has 72 valence electrons. The highest BCUT2D eigenvalue weighted by atomic mass is 19.4. The number of hydrogen-bond donors (Lipinski definition) is 1. The Morgan fingerprint density at radius 1 is 1.25 bits per heavy atom. The predicted molar refractivity (Wildman–Crippen MR) is 30.4 cm³/mol. The summed E-state index contributed by atoms with van der Waals surface area (Å²) in [6.45, 7) is 0.811. The minimum atomic E-state index is -5.76. The van der Waals surface area contributed by atoms with Crippen molar-refractivity contribution in [1.82, 2.24) is 0 Å². The Balaban J connectivity index is 4.50. The zero-order valence-electron chi connectivity index (χ0n) is 6.01. The van der Waals surface area contributed by atoms with E-state index in [9.17, 15) is 22.0 Å². The van der Waals surface area contributed by atoms with Gasteiger partial charge in [-0.05, 0) is 6.92 Å². The molecular weight excluding hydrogens is 185 g/mol. The van der Waals surface area contributed by atoms with Crippen LogP contribution in [0.1, 0.15) is 6.92 Å². The summed E-state index contributed by atoms with van der Waals surface area (Å²) in [6.07, 6.45) is -5.76. The Kier molecular flexibility index (Phi) is 3.00. The van der Waals surface area contributed by atoms with Crippen molar-refractivity contribution in [3.63, 3.8) is 0 Å². The fraction of sp³-hybridized carbons (Fsp3) is 0.800. The lowest BCUT2D eigenvalue weighted by atomic mass is 10.3. The first-order valence-electron chi connectivity index (χ1n) is 2.89. The van der Waals surface area contributed by atoms with Gasteiger partial charge in [-0.2, -0.15) is 22.0 Å². The quantitative estimate of drug-likeness (QED) is 0.405. The van der Waals surface area contributed by atoms with Crippen molar-refractivity contribution >= 4 is 5.90 Å². The van der Waals surface area contributed by atoms with E-state index in [2.05, 4.69) is 4.74 Å². The summed E-state index contributed by atoms with van der Waals surface area (Å²) in [5.74, 6) is -7.26. The maximum absolute atomic E-state index is 12.0. The van der Waals surface area contributed by atoms with Crippen LogP contribution in [0.5, 0.6) is 0 Å². The Hall–Kier alpha value is -0.880. The van der Waals surface area contributed by atoms with Crippen molar-refractivity contribution in [1.29, 1.82) is 5.41 Å². The molecule has 2 nitrogen and oxygen atoms in total. The Labute approximate surface area is 64.8 Å². The molecule has 7 heteroatoms.